The molecule has 1 aliphatic carbocycles. The molecule has 7 amide bonds. The number of hydrogen-bond acceptors (Lipinski definition) is 8. The number of aliphatic hydroxyl groups is 1. The van der Waals surface area contributed by atoms with Crippen LogP contribution in [0.2, 0.25) is 0 Å². The molecule has 0 unspecified atom stereocenters. The van der Waals surface area contributed by atoms with Crippen molar-refractivity contribution in [2.24, 2.45) is 29.2 Å². The number of aryl methyl sites for hydroxylation is 1. The zero-order valence-corrected chi connectivity index (χ0v) is 32.2. The van der Waals surface area contributed by atoms with Gasteiger partial charge in [-0.2, -0.15) is 0 Å². The van der Waals surface area contributed by atoms with E-state index in [1.165, 1.54) is 4.90 Å². The van der Waals surface area contributed by atoms with Crippen molar-refractivity contribution >= 4 is 41.4 Å². The van der Waals surface area contributed by atoms with Crippen LogP contribution in [0.5, 0.6) is 0 Å². The lowest BCUT2D eigenvalue weighted by molar-refractivity contribution is -0.148. The maximum Gasteiger partial charge on any atom is 0.254 e. The van der Waals surface area contributed by atoms with Gasteiger partial charge >= 0.3 is 0 Å². The smallest absolute Gasteiger partial charge is 0.254 e. The minimum atomic E-state index is -1.75. The Morgan fingerprint density at radius 3 is 2.09 bits per heavy atom. The highest BCUT2D eigenvalue weighted by Gasteiger charge is 2.42. The Balaban J connectivity index is 1.77. The molecule has 7 atom stereocenters. The molecule has 1 aliphatic heterocycles. The van der Waals surface area contributed by atoms with Gasteiger partial charge in [0, 0.05) is 13.0 Å². The molecule has 1 saturated heterocycles. The molecule has 9 N–H and O–H groups in total. The second kappa shape index (κ2) is 21.4. The van der Waals surface area contributed by atoms with Gasteiger partial charge in [-0.05, 0) is 49.0 Å². The number of aliphatic hydroxyl groups excluding tert-OH is 1. The molecule has 15 nitrogen and oxygen atoms in total. The highest BCUT2D eigenvalue weighted by Crippen LogP contribution is 2.29. The maximum absolute atomic E-state index is 14.0. The number of nitrogens with zero attached hydrogens (tertiary/aromatic N) is 1. The summed E-state index contributed by atoms with van der Waals surface area (Å²) in [6.07, 6.45) is 4.45. The normalized spacial score (nSPS) is 19.4. The van der Waals surface area contributed by atoms with Crippen molar-refractivity contribution in [3.8, 4) is 0 Å². The van der Waals surface area contributed by atoms with Gasteiger partial charge in [0.1, 0.15) is 24.2 Å². The molecular weight excluding hydrogens is 694 g/mol. The Hall–Kier alpha value is -4.53. The van der Waals surface area contributed by atoms with Gasteiger partial charge in [0.05, 0.1) is 12.5 Å². The second-order valence-electron chi connectivity index (χ2n) is 15.3. The first-order valence-electron chi connectivity index (χ1n) is 19.4. The van der Waals surface area contributed by atoms with E-state index in [9.17, 15) is 38.7 Å². The van der Waals surface area contributed by atoms with E-state index in [1.807, 2.05) is 37.3 Å². The van der Waals surface area contributed by atoms with Crippen LogP contribution >= 0.6 is 0 Å². The Morgan fingerprint density at radius 2 is 1.50 bits per heavy atom. The molecule has 1 saturated carbocycles. The van der Waals surface area contributed by atoms with Crippen molar-refractivity contribution in [3.05, 3.63) is 35.9 Å². The molecule has 15 heteroatoms. The zero-order valence-electron chi connectivity index (χ0n) is 32.2. The van der Waals surface area contributed by atoms with Crippen LogP contribution in [-0.4, -0.2) is 94.2 Å². The maximum atomic E-state index is 14.0. The lowest BCUT2D eigenvalue weighted by Crippen LogP contribution is -2.60. The molecule has 300 valence electrons. The average molecular weight is 756 g/mol. The van der Waals surface area contributed by atoms with Crippen molar-refractivity contribution in [1.82, 2.24) is 26.2 Å². The lowest BCUT2D eigenvalue weighted by Gasteiger charge is -2.34. The molecular formula is C39H61N7O8. The summed E-state index contributed by atoms with van der Waals surface area (Å²) < 4.78 is 0. The minimum Gasteiger partial charge on any atom is -0.381 e. The molecule has 0 radical (unpaired) electrons. The predicted octanol–water partition coefficient (Wildman–Crippen LogP) is 0.944. The number of primary amides is 2. The fourth-order valence-corrected chi connectivity index (χ4v) is 7.32. The van der Waals surface area contributed by atoms with Crippen LogP contribution in [0.3, 0.4) is 0 Å². The van der Waals surface area contributed by atoms with Crippen LogP contribution < -0.4 is 32.7 Å². The summed E-state index contributed by atoms with van der Waals surface area (Å²) in [6, 6.07) is 3.93. The first-order chi connectivity index (χ1) is 25.6. The average Bonchev–Trinajstić information content (AvgIpc) is 3.64. The Morgan fingerprint density at radius 1 is 0.833 bits per heavy atom. The second-order valence-corrected chi connectivity index (χ2v) is 15.3. The Labute approximate surface area is 318 Å². The third-order valence-corrected chi connectivity index (χ3v) is 10.7. The van der Waals surface area contributed by atoms with Gasteiger partial charge in [-0.3, -0.25) is 33.6 Å². The molecule has 0 bridgehead atoms. The van der Waals surface area contributed by atoms with E-state index in [2.05, 4.69) is 21.3 Å². The van der Waals surface area contributed by atoms with E-state index in [1.54, 1.807) is 20.8 Å². The number of nitrogens with one attached hydrogen (secondary N) is 4. The van der Waals surface area contributed by atoms with Gasteiger partial charge in [0.15, 0.2) is 6.10 Å². The van der Waals surface area contributed by atoms with Crippen molar-refractivity contribution in [1.29, 1.82) is 0 Å². The first-order valence-corrected chi connectivity index (χ1v) is 19.4. The summed E-state index contributed by atoms with van der Waals surface area (Å²) in [5.74, 6) is -5.16. The fourth-order valence-electron chi connectivity index (χ4n) is 7.32. The zero-order chi connectivity index (χ0) is 39.9. The van der Waals surface area contributed by atoms with Crippen LogP contribution in [0.15, 0.2) is 30.3 Å². The molecule has 3 rings (SSSR count). The van der Waals surface area contributed by atoms with Crippen LogP contribution in [0.25, 0.3) is 0 Å². The summed E-state index contributed by atoms with van der Waals surface area (Å²) in [6.45, 7) is 7.29. The number of carbonyl (C=O) groups excluding carboxylic acids is 7. The number of benzene rings is 1. The van der Waals surface area contributed by atoms with Gasteiger partial charge in [-0.25, -0.2) is 0 Å². The third-order valence-electron chi connectivity index (χ3n) is 10.7. The van der Waals surface area contributed by atoms with Crippen LogP contribution in [0.1, 0.15) is 104 Å². The lowest BCUT2D eigenvalue weighted by atomic mass is 9.83. The van der Waals surface area contributed by atoms with E-state index in [4.69, 9.17) is 11.5 Å². The topological polar surface area (TPSA) is 243 Å². The molecule has 0 aromatic heterocycles. The molecule has 1 aromatic rings. The molecule has 2 aliphatic rings. The van der Waals surface area contributed by atoms with Crippen molar-refractivity contribution in [2.45, 2.75) is 141 Å². The monoisotopic (exact) mass is 755 g/mol. The minimum absolute atomic E-state index is 0.0561. The van der Waals surface area contributed by atoms with E-state index >= 15 is 0 Å². The summed E-state index contributed by atoms with van der Waals surface area (Å²) >= 11 is 0. The van der Waals surface area contributed by atoms with Crippen molar-refractivity contribution < 1.29 is 38.7 Å². The van der Waals surface area contributed by atoms with Gasteiger partial charge < -0.3 is 42.7 Å². The highest BCUT2D eigenvalue weighted by atomic mass is 16.3. The molecule has 54 heavy (non-hydrogen) atoms. The standard InChI is InChI=1S/C39H61N7O8/c1-5-24(4)33(38(53)44-32(23(2)3)35(41)50)45-37(52)29-17-12-20-46(29)39(54)34(49)27(21-26-15-10-7-11-16-26)43-36(51)28(22-30(40)47)42-31(48)19-18-25-13-8-6-9-14-25/h6,8-9,13-14,23-24,26-29,32-34,49H,5,7,10-12,15-22H2,1-4H3,(H2,40,47)(H2,41,50)(H,42,48)(H,43,51)(H,44,53)(H,45,52)/t24-,27-,28-,29-,32-,33-,34+/m0/s1. The Bertz CT molecular complexity index is 1450. The highest BCUT2D eigenvalue weighted by molar-refractivity contribution is 5.96. The molecule has 1 aromatic carbocycles. The van der Waals surface area contributed by atoms with Gasteiger partial charge in [0.25, 0.3) is 5.91 Å². The van der Waals surface area contributed by atoms with Crippen LogP contribution in [0, 0.1) is 17.8 Å². The first kappa shape index (κ1) is 43.9. The number of nitrogens with two attached hydrogens (primary N) is 2. The SMILES string of the molecule is CC[C@H](C)[C@H](NC(=O)[C@@H]1CCCN1C(=O)[C@H](O)[C@H](CC1CCCCC1)NC(=O)[C@H](CC(N)=O)NC(=O)CCc1ccccc1)C(=O)N[C@H](C(N)=O)C(C)C. The Kier molecular flexibility index (Phi) is 17.4. The largest absolute Gasteiger partial charge is 0.381 e. The van der Waals surface area contributed by atoms with Crippen molar-refractivity contribution in [3.63, 3.8) is 0 Å². The summed E-state index contributed by atoms with van der Waals surface area (Å²) in [7, 11) is 0. The summed E-state index contributed by atoms with van der Waals surface area (Å²) in [5, 5.41) is 22.4. The fraction of sp³-hybridized carbons (Fsp3) is 0.667. The molecule has 2 fully saturated rings. The van der Waals surface area contributed by atoms with E-state index in [0.29, 0.717) is 19.3 Å². The number of likely N-dealkylation sites (tertiary alicyclic amines) is 1. The third kappa shape index (κ3) is 13.1. The van der Waals surface area contributed by atoms with Crippen LogP contribution in [0.4, 0.5) is 0 Å². The van der Waals surface area contributed by atoms with E-state index < -0.39 is 84.1 Å². The van der Waals surface area contributed by atoms with Gasteiger partial charge in [-0.15, -0.1) is 0 Å². The number of carbonyl (C=O) groups is 7. The number of amides is 7. The number of hydrogen-bond donors (Lipinski definition) is 7. The van der Waals surface area contributed by atoms with Gasteiger partial charge in [-0.1, -0.05) is 96.6 Å². The molecule has 0 spiro atoms. The quantitative estimate of drug-likeness (QED) is 0.101. The van der Waals surface area contributed by atoms with Crippen LogP contribution in [-0.2, 0) is 40.0 Å². The van der Waals surface area contributed by atoms with E-state index in [-0.39, 0.29) is 43.6 Å². The van der Waals surface area contributed by atoms with Crippen molar-refractivity contribution in [2.75, 3.05) is 6.54 Å². The molecule has 1 heterocycles. The van der Waals surface area contributed by atoms with Gasteiger partial charge in [0.2, 0.25) is 35.4 Å². The summed E-state index contributed by atoms with van der Waals surface area (Å²) in [5.41, 5.74) is 11.9. The van der Waals surface area contributed by atoms with E-state index in [0.717, 1.165) is 37.7 Å². The number of rotatable bonds is 20. The summed E-state index contributed by atoms with van der Waals surface area (Å²) in [4.78, 5) is 93.0. The predicted molar refractivity (Wildman–Crippen MR) is 202 cm³/mol.